The van der Waals surface area contributed by atoms with Crippen LogP contribution in [-0.2, 0) is 9.59 Å². The molecule has 0 N–H and O–H groups in total. The molecular formula is C25H16Br2O5. The van der Waals surface area contributed by atoms with Gasteiger partial charge >= 0.3 is 11.9 Å². The first-order valence-corrected chi connectivity index (χ1v) is 11.5. The van der Waals surface area contributed by atoms with E-state index in [4.69, 9.17) is 9.47 Å². The van der Waals surface area contributed by atoms with Crippen molar-refractivity contribution in [1.29, 1.82) is 0 Å². The Morgan fingerprint density at radius 3 is 2.16 bits per heavy atom. The molecule has 160 valence electrons. The number of ketones is 1. The average Bonchev–Trinajstić information content (AvgIpc) is 3.39. The van der Waals surface area contributed by atoms with E-state index in [0.717, 1.165) is 8.95 Å². The minimum absolute atomic E-state index is 0.281. The highest BCUT2D eigenvalue weighted by atomic mass is 79.9. The molecule has 2 aliphatic rings. The first kappa shape index (κ1) is 21.1. The first-order chi connectivity index (χ1) is 15.3. The van der Waals surface area contributed by atoms with Gasteiger partial charge in [-0.15, -0.1) is 0 Å². The normalized spacial score (nSPS) is 25.2. The molecule has 3 aromatic carbocycles. The van der Waals surface area contributed by atoms with Crippen LogP contribution < -0.4 is 9.47 Å². The number of fused-ring (bicyclic) bond motifs is 3. The lowest BCUT2D eigenvalue weighted by Gasteiger charge is -2.22. The predicted octanol–water partition coefficient (Wildman–Crippen LogP) is 5.71. The minimum Gasteiger partial charge on any atom is -0.426 e. The second-order valence-corrected chi connectivity index (χ2v) is 9.88. The van der Waals surface area contributed by atoms with Crippen molar-refractivity contribution in [3.63, 3.8) is 0 Å². The number of benzene rings is 3. The molecule has 32 heavy (non-hydrogen) atoms. The zero-order valence-electron chi connectivity index (χ0n) is 16.8. The molecule has 3 atom stereocenters. The lowest BCUT2D eigenvalue weighted by atomic mass is 9.87. The zero-order chi connectivity index (χ0) is 22.7. The Hall–Kier alpha value is -2.77. The number of hydrogen-bond donors (Lipinski definition) is 0. The molecule has 5 rings (SSSR count). The standard InChI is InChI=1S/C25H16Br2O5/c1-24(21(28)14-6-8-15(26)9-7-14)20-18-4-2-3-5-19(18)32-23(30)25(20,24)22(29)31-17-12-10-16(27)11-13-17/h2-13,20H,1H3/t20-,24-,25+/m1/s1. The first-order valence-electron chi connectivity index (χ1n) is 9.89. The van der Waals surface area contributed by atoms with Gasteiger partial charge in [-0.05, 0) is 49.4 Å². The van der Waals surface area contributed by atoms with E-state index in [-0.39, 0.29) is 11.5 Å². The van der Waals surface area contributed by atoms with Gasteiger partial charge in [-0.1, -0.05) is 62.2 Å². The van der Waals surface area contributed by atoms with E-state index in [2.05, 4.69) is 31.9 Å². The van der Waals surface area contributed by atoms with E-state index in [1.807, 2.05) is 0 Å². The van der Waals surface area contributed by atoms with Crippen molar-refractivity contribution in [1.82, 2.24) is 0 Å². The summed E-state index contributed by atoms with van der Waals surface area (Å²) in [5.41, 5.74) is -2.06. The van der Waals surface area contributed by atoms with Gasteiger partial charge in [0.25, 0.3) is 0 Å². The van der Waals surface area contributed by atoms with Crippen molar-refractivity contribution >= 4 is 49.6 Å². The summed E-state index contributed by atoms with van der Waals surface area (Å²) in [6, 6.07) is 20.5. The van der Waals surface area contributed by atoms with Crippen molar-refractivity contribution in [3.05, 3.63) is 92.9 Å². The fourth-order valence-electron chi connectivity index (χ4n) is 4.80. The van der Waals surface area contributed by atoms with Crippen LogP contribution in [0, 0.1) is 10.8 Å². The maximum atomic E-state index is 13.7. The lowest BCUT2D eigenvalue weighted by molar-refractivity contribution is -0.156. The van der Waals surface area contributed by atoms with E-state index in [1.165, 1.54) is 0 Å². The van der Waals surface area contributed by atoms with Crippen LogP contribution in [0.4, 0.5) is 0 Å². The lowest BCUT2D eigenvalue weighted by Crippen LogP contribution is -2.41. The van der Waals surface area contributed by atoms with Crippen molar-refractivity contribution in [3.8, 4) is 11.5 Å². The molecule has 1 heterocycles. The molecule has 3 aromatic rings. The predicted molar refractivity (Wildman–Crippen MR) is 124 cm³/mol. The number of rotatable bonds is 4. The SMILES string of the molecule is C[C@]1(C(=O)c2ccc(Br)cc2)[C@H]2c3ccccc3OC(=O)[C@@]21C(=O)Oc1ccc(Br)cc1. The second-order valence-electron chi connectivity index (χ2n) is 8.05. The summed E-state index contributed by atoms with van der Waals surface area (Å²) >= 11 is 6.71. The highest BCUT2D eigenvalue weighted by Crippen LogP contribution is 2.78. The monoisotopic (exact) mass is 554 g/mol. The van der Waals surface area contributed by atoms with Crippen LogP contribution in [-0.4, -0.2) is 17.7 Å². The molecular weight excluding hydrogens is 540 g/mol. The number of hydrogen-bond acceptors (Lipinski definition) is 5. The maximum absolute atomic E-state index is 13.7. The van der Waals surface area contributed by atoms with Crippen molar-refractivity contribution in [2.75, 3.05) is 0 Å². The Labute approximate surface area is 201 Å². The van der Waals surface area contributed by atoms with Gasteiger partial charge in [-0.3, -0.25) is 14.4 Å². The molecule has 5 nitrogen and oxygen atoms in total. The molecule has 1 aliphatic heterocycles. The molecule has 0 saturated heterocycles. The van der Waals surface area contributed by atoms with Crippen molar-refractivity contribution in [2.45, 2.75) is 12.8 Å². The number of carbonyl (C=O) groups is 3. The second kappa shape index (κ2) is 7.39. The van der Waals surface area contributed by atoms with Gasteiger partial charge in [0.1, 0.15) is 11.5 Å². The highest BCUT2D eigenvalue weighted by molar-refractivity contribution is 9.10. The summed E-state index contributed by atoms with van der Waals surface area (Å²) in [6.07, 6.45) is 0. The number of halogens is 2. The van der Waals surface area contributed by atoms with Crippen LogP contribution in [0.1, 0.15) is 28.8 Å². The largest absolute Gasteiger partial charge is 0.426 e. The number of para-hydroxylation sites is 1. The smallest absolute Gasteiger partial charge is 0.330 e. The van der Waals surface area contributed by atoms with E-state index < -0.39 is 28.7 Å². The van der Waals surface area contributed by atoms with Crippen LogP contribution >= 0.6 is 31.9 Å². The van der Waals surface area contributed by atoms with E-state index in [9.17, 15) is 14.4 Å². The van der Waals surface area contributed by atoms with Crippen LogP contribution in [0.15, 0.2) is 81.7 Å². The van der Waals surface area contributed by atoms with Crippen molar-refractivity contribution < 1.29 is 23.9 Å². The van der Waals surface area contributed by atoms with E-state index >= 15 is 0 Å². The molecule has 1 aliphatic carbocycles. The topological polar surface area (TPSA) is 69.7 Å². The molecule has 0 amide bonds. The van der Waals surface area contributed by atoms with Gasteiger partial charge in [-0.25, -0.2) is 0 Å². The third kappa shape index (κ3) is 2.84. The Kier molecular flexibility index (Phi) is 4.87. The van der Waals surface area contributed by atoms with Gasteiger partial charge < -0.3 is 9.47 Å². The maximum Gasteiger partial charge on any atom is 0.330 e. The van der Waals surface area contributed by atoms with Crippen LogP contribution in [0.2, 0.25) is 0 Å². The van der Waals surface area contributed by atoms with Crippen LogP contribution in [0.3, 0.4) is 0 Å². The van der Waals surface area contributed by atoms with Gasteiger partial charge in [0.15, 0.2) is 11.2 Å². The zero-order valence-corrected chi connectivity index (χ0v) is 20.0. The fraction of sp³-hybridized carbons (Fsp3) is 0.160. The fourth-order valence-corrected chi connectivity index (χ4v) is 5.33. The summed E-state index contributed by atoms with van der Waals surface area (Å²) in [5.74, 6) is -1.92. The minimum atomic E-state index is -1.77. The molecule has 0 radical (unpaired) electrons. The van der Waals surface area contributed by atoms with Crippen LogP contribution in [0.25, 0.3) is 0 Å². The number of ether oxygens (including phenoxy) is 2. The van der Waals surface area contributed by atoms with Gasteiger partial charge in [0.2, 0.25) is 0 Å². The summed E-state index contributed by atoms with van der Waals surface area (Å²) in [5, 5.41) is 0. The van der Waals surface area contributed by atoms with Crippen molar-refractivity contribution in [2.24, 2.45) is 10.8 Å². The summed E-state index contributed by atoms with van der Waals surface area (Å²) < 4.78 is 12.8. The Morgan fingerprint density at radius 2 is 1.50 bits per heavy atom. The van der Waals surface area contributed by atoms with Gasteiger partial charge in [-0.2, -0.15) is 0 Å². The van der Waals surface area contributed by atoms with Crippen LogP contribution in [0.5, 0.6) is 11.5 Å². The highest BCUT2D eigenvalue weighted by Gasteiger charge is 2.89. The quantitative estimate of drug-likeness (QED) is 0.178. The third-order valence-corrected chi connectivity index (χ3v) is 7.48. The summed E-state index contributed by atoms with van der Waals surface area (Å²) in [7, 11) is 0. The number of Topliss-reactive ketones (excluding diaryl/α,β-unsaturated/α-hetero) is 1. The number of carbonyl (C=O) groups excluding carboxylic acids is 3. The van der Waals surface area contributed by atoms with Gasteiger partial charge in [0.05, 0.1) is 5.41 Å². The molecule has 1 fully saturated rings. The molecule has 0 aromatic heterocycles. The Balaban J connectivity index is 1.62. The molecule has 7 heteroatoms. The summed E-state index contributed by atoms with van der Waals surface area (Å²) in [6.45, 7) is 1.65. The molecule has 0 unspecified atom stereocenters. The van der Waals surface area contributed by atoms with Gasteiger partial charge in [0, 0.05) is 26.0 Å². The third-order valence-electron chi connectivity index (χ3n) is 6.43. The summed E-state index contributed by atoms with van der Waals surface area (Å²) in [4.78, 5) is 40.6. The Bertz CT molecular complexity index is 1270. The Morgan fingerprint density at radius 1 is 0.906 bits per heavy atom. The van der Waals surface area contributed by atoms with E-state index in [1.54, 1.807) is 79.7 Å². The number of esters is 2. The molecule has 1 saturated carbocycles. The molecule has 0 spiro atoms. The molecule has 0 bridgehead atoms. The van der Waals surface area contributed by atoms with E-state index in [0.29, 0.717) is 16.9 Å². The average molecular weight is 556 g/mol.